The van der Waals surface area contributed by atoms with Crippen molar-refractivity contribution in [3.63, 3.8) is 0 Å². The third-order valence-electron chi connectivity index (χ3n) is 4.11. The standard InChI is InChI=1S/C14H21N5OS/c1-8-9(2)21-13-11(8)12(18-15)16-10(17-13)6-19-5-4-14(3,20)7-19/h20H,4-7,15H2,1-3H3,(H,16,17,18). The van der Waals surface area contributed by atoms with Crippen LogP contribution >= 0.6 is 11.3 Å². The van der Waals surface area contributed by atoms with Gasteiger partial charge in [-0.2, -0.15) is 0 Å². The normalized spacial score (nSPS) is 23.1. The number of rotatable bonds is 3. The summed E-state index contributed by atoms with van der Waals surface area (Å²) in [6.07, 6.45) is 0.786. The summed E-state index contributed by atoms with van der Waals surface area (Å²) < 4.78 is 0. The van der Waals surface area contributed by atoms with Gasteiger partial charge in [-0.05, 0) is 32.8 Å². The molecule has 0 radical (unpaired) electrons. The number of likely N-dealkylation sites (tertiary alicyclic amines) is 1. The fourth-order valence-corrected chi connectivity index (χ4v) is 3.89. The number of anilines is 1. The fourth-order valence-electron chi connectivity index (χ4n) is 2.84. The maximum atomic E-state index is 10.0. The van der Waals surface area contributed by atoms with Gasteiger partial charge in [-0.25, -0.2) is 15.8 Å². The number of hydrogen-bond acceptors (Lipinski definition) is 7. The number of nitrogens with one attached hydrogen (secondary N) is 1. The van der Waals surface area contributed by atoms with Crippen molar-refractivity contribution in [1.82, 2.24) is 14.9 Å². The van der Waals surface area contributed by atoms with Crippen molar-refractivity contribution in [3.05, 3.63) is 16.3 Å². The van der Waals surface area contributed by atoms with Crippen LogP contribution in [0.15, 0.2) is 0 Å². The zero-order valence-electron chi connectivity index (χ0n) is 12.6. The second kappa shape index (κ2) is 5.17. The number of hydrogen-bond donors (Lipinski definition) is 3. The van der Waals surface area contributed by atoms with Gasteiger partial charge in [0, 0.05) is 18.0 Å². The van der Waals surface area contributed by atoms with Crippen LogP contribution in [0.1, 0.15) is 29.6 Å². The van der Waals surface area contributed by atoms with E-state index in [2.05, 4.69) is 34.1 Å². The summed E-state index contributed by atoms with van der Waals surface area (Å²) in [4.78, 5) is 13.6. The summed E-state index contributed by atoms with van der Waals surface area (Å²) in [5.74, 6) is 7.05. The molecule has 1 atom stereocenters. The minimum absolute atomic E-state index is 0.602. The topological polar surface area (TPSA) is 87.3 Å². The Morgan fingerprint density at radius 2 is 2.19 bits per heavy atom. The summed E-state index contributed by atoms with van der Waals surface area (Å²) in [6, 6.07) is 0. The van der Waals surface area contributed by atoms with E-state index in [1.54, 1.807) is 11.3 Å². The monoisotopic (exact) mass is 307 g/mol. The van der Waals surface area contributed by atoms with E-state index in [9.17, 15) is 5.11 Å². The Kier molecular flexibility index (Phi) is 3.61. The van der Waals surface area contributed by atoms with Crippen molar-refractivity contribution in [2.24, 2.45) is 5.84 Å². The van der Waals surface area contributed by atoms with Crippen LogP contribution in [0.2, 0.25) is 0 Å². The van der Waals surface area contributed by atoms with E-state index < -0.39 is 5.60 Å². The molecular formula is C14H21N5OS. The van der Waals surface area contributed by atoms with Gasteiger partial charge in [-0.3, -0.25) is 4.90 Å². The number of nitrogen functional groups attached to an aromatic ring is 1. The first-order valence-corrected chi connectivity index (χ1v) is 7.89. The number of nitrogens with two attached hydrogens (primary N) is 1. The molecule has 2 aromatic rings. The number of hydrazine groups is 1. The lowest BCUT2D eigenvalue weighted by atomic mass is 10.1. The van der Waals surface area contributed by atoms with Crippen LogP contribution in [0.25, 0.3) is 10.2 Å². The van der Waals surface area contributed by atoms with Gasteiger partial charge in [0.05, 0.1) is 17.5 Å². The quantitative estimate of drug-likeness (QED) is 0.589. The Balaban J connectivity index is 1.93. The molecule has 4 N–H and O–H groups in total. The minimum atomic E-state index is -0.602. The summed E-state index contributed by atoms with van der Waals surface area (Å²) in [7, 11) is 0. The highest BCUT2D eigenvalue weighted by atomic mass is 32.1. The SMILES string of the molecule is Cc1sc2nc(CN3CCC(C)(O)C3)nc(NN)c2c1C. The zero-order valence-corrected chi connectivity index (χ0v) is 13.4. The molecule has 1 unspecified atom stereocenters. The summed E-state index contributed by atoms with van der Waals surface area (Å²) in [5.41, 5.74) is 3.27. The van der Waals surface area contributed by atoms with Gasteiger partial charge in [0.1, 0.15) is 10.7 Å². The summed E-state index contributed by atoms with van der Waals surface area (Å²) in [5, 5.41) is 11.1. The van der Waals surface area contributed by atoms with Gasteiger partial charge in [0.2, 0.25) is 0 Å². The number of thiophene rings is 1. The highest BCUT2D eigenvalue weighted by Gasteiger charge is 2.31. The first-order valence-electron chi connectivity index (χ1n) is 7.07. The fraction of sp³-hybridized carbons (Fsp3) is 0.571. The van der Waals surface area contributed by atoms with Crippen LogP contribution in [0.5, 0.6) is 0 Å². The molecule has 0 aliphatic carbocycles. The van der Waals surface area contributed by atoms with Crippen molar-refractivity contribution in [2.45, 2.75) is 39.3 Å². The molecule has 0 bridgehead atoms. The third kappa shape index (κ3) is 2.74. The largest absolute Gasteiger partial charge is 0.389 e. The van der Waals surface area contributed by atoms with Gasteiger partial charge in [0.15, 0.2) is 5.82 Å². The number of β-amino-alcohol motifs (C(OH)–C–C–N with tert-alkyl or cyclic N) is 1. The van der Waals surface area contributed by atoms with Crippen molar-refractivity contribution >= 4 is 27.4 Å². The van der Waals surface area contributed by atoms with Crippen LogP contribution in [0.4, 0.5) is 5.82 Å². The molecule has 3 heterocycles. The molecule has 7 heteroatoms. The van der Waals surface area contributed by atoms with Crippen molar-refractivity contribution < 1.29 is 5.11 Å². The second-order valence-electron chi connectivity index (χ2n) is 6.05. The predicted molar refractivity (Wildman–Crippen MR) is 85.2 cm³/mol. The molecule has 21 heavy (non-hydrogen) atoms. The van der Waals surface area contributed by atoms with Gasteiger partial charge in [-0.15, -0.1) is 11.3 Å². The zero-order chi connectivity index (χ0) is 15.2. The maximum Gasteiger partial charge on any atom is 0.152 e. The molecule has 0 spiro atoms. The highest BCUT2D eigenvalue weighted by molar-refractivity contribution is 7.18. The molecule has 2 aromatic heterocycles. The van der Waals surface area contributed by atoms with E-state index in [1.165, 1.54) is 10.4 Å². The Hall–Kier alpha value is -1.28. The van der Waals surface area contributed by atoms with Crippen LogP contribution in [-0.2, 0) is 6.54 Å². The minimum Gasteiger partial charge on any atom is -0.389 e. The molecule has 3 rings (SSSR count). The molecule has 0 aromatic carbocycles. The Labute approximate surface area is 128 Å². The average Bonchev–Trinajstić information content (AvgIpc) is 2.89. The van der Waals surface area contributed by atoms with Gasteiger partial charge < -0.3 is 10.5 Å². The van der Waals surface area contributed by atoms with E-state index in [0.29, 0.717) is 18.9 Å². The molecule has 6 nitrogen and oxygen atoms in total. The summed E-state index contributed by atoms with van der Waals surface area (Å²) in [6.45, 7) is 8.17. The second-order valence-corrected chi connectivity index (χ2v) is 7.26. The molecular weight excluding hydrogens is 286 g/mol. The first kappa shape index (κ1) is 14.6. The molecule has 0 saturated carbocycles. The van der Waals surface area contributed by atoms with Crippen LogP contribution in [-0.4, -0.2) is 38.7 Å². The smallest absolute Gasteiger partial charge is 0.152 e. The predicted octanol–water partition coefficient (Wildman–Crippen LogP) is 1.55. The van der Waals surface area contributed by atoms with Crippen molar-refractivity contribution in [1.29, 1.82) is 0 Å². The molecule has 1 aliphatic rings. The average molecular weight is 307 g/mol. The number of aromatic nitrogens is 2. The lowest BCUT2D eigenvalue weighted by molar-refractivity contribution is 0.0676. The number of aryl methyl sites for hydroxylation is 2. The van der Waals surface area contributed by atoms with E-state index in [1.807, 2.05) is 6.92 Å². The van der Waals surface area contributed by atoms with E-state index in [0.717, 1.165) is 29.0 Å². The molecule has 1 fully saturated rings. The Bertz CT molecular complexity index is 682. The number of nitrogens with zero attached hydrogens (tertiary/aromatic N) is 3. The van der Waals surface area contributed by atoms with Crippen molar-refractivity contribution in [2.75, 3.05) is 18.5 Å². The van der Waals surface area contributed by atoms with E-state index >= 15 is 0 Å². The summed E-state index contributed by atoms with van der Waals surface area (Å²) >= 11 is 1.67. The molecule has 1 saturated heterocycles. The number of fused-ring (bicyclic) bond motifs is 1. The van der Waals surface area contributed by atoms with Crippen LogP contribution < -0.4 is 11.3 Å². The van der Waals surface area contributed by atoms with E-state index in [4.69, 9.17) is 5.84 Å². The van der Waals surface area contributed by atoms with E-state index in [-0.39, 0.29) is 0 Å². The maximum absolute atomic E-state index is 10.0. The van der Waals surface area contributed by atoms with Gasteiger partial charge in [0.25, 0.3) is 0 Å². The van der Waals surface area contributed by atoms with Gasteiger partial charge in [-0.1, -0.05) is 0 Å². The lowest BCUT2D eigenvalue weighted by Gasteiger charge is -2.18. The highest BCUT2D eigenvalue weighted by Crippen LogP contribution is 2.33. The van der Waals surface area contributed by atoms with Crippen LogP contribution in [0, 0.1) is 13.8 Å². The molecule has 114 valence electrons. The Morgan fingerprint density at radius 1 is 1.43 bits per heavy atom. The van der Waals surface area contributed by atoms with Gasteiger partial charge >= 0.3 is 0 Å². The van der Waals surface area contributed by atoms with Crippen molar-refractivity contribution in [3.8, 4) is 0 Å². The third-order valence-corrected chi connectivity index (χ3v) is 5.21. The lowest BCUT2D eigenvalue weighted by Crippen LogP contribution is -2.30. The molecule has 1 aliphatic heterocycles. The molecule has 0 amide bonds. The Morgan fingerprint density at radius 3 is 2.81 bits per heavy atom. The number of aliphatic hydroxyl groups is 1. The van der Waals surface area contributed by atoms with Crippen LogP contribution in [0.3, 0.4) is 0 Å². The first-order chi connectivity index (χ1) is 9.89.